The van der Waals surface area contributed by atoms with E-state index in [9.17, 15) is 4.79 Å². The van der Waals surface area contributed by atoms with Crippen molar-refractivity contribution in [2.24, 2.45) is 17.6 Å². The van der Waals surface area contributed by atoms with Crippen LogP contribution in [-0.4, -0.2) is 19.0 Å². The van der Waals surface area contributed by atoms with Gasteiger partial charge >= 0.3 is 0 Å². The Morgan fingerprint density at radius 1 is 1.50 bits per heavy atom. The third-order valence-electron chi connectivity index (χ3n) is 2.90. The summed E-state index contributed by atoms with van der Waals surface area (Å²) in [5.41, 5.74) is 5.98. The highest BCUT2D eigenvalue weighted by atomic mass is 32.1. The van der Waals surface area contributed by atoms with Crippen LogP contribution in [0.4, 0.5) is 0 Å². The molecule has 0 saturated heterocycles. The molecule has 1 aromatic rings. The summed E-state index contributed by atoms with van der Waals surface area (Å²) >= 11 is 1.47. The van der Waals surface area contributed by atoms with Crippen LogP contribution in [0.2, 0.25) is 0 Å². The molecule has 0 aromatic carbocycles. The summed E-state index contributed by atoms with van der Waals surface area (Å²) in [7, 11) is 0. The molecule has 1 aromatic heterocycles. The van der Waals surface area contributed by atoms with Gasteiger partial charge in [-0.05, 0) is 17.9 Å². The van der Waals surface area contributed by atoms with Crippen molar-refractivity contribution < 1.29 is 4.79 Å². The molecule has 0 bridgehead atoms. The fraction of sp³-hybridized carbons (Fsp3) is 0.500. The van der Waals surface area contributed by atoms with Crippen LogP contribution < -0.4 is 11.1 Å². The maximum absolute atomic E-state index is 11.9. The number of carbonyl (C=O) groups is 1. The molecule has 1 rings (SSSR count). The van der Waals surface area contributed by atoms with Gasteiger partial charge in [0.1, 0.15) is 0 Å². The Kier molecular flexibility index (Phi) is 5.90. The van der Waals surface area contributed by atoms with Gasteiger partial charge in [-0.1, -0.05) is 32.6 Å². The van der Waals surface area contributed by atoms with E-state index in [1.807, 2.05) is 11.4 Å². The van der Waals surface area contributed by atoms with E-state index in [1.165, 1.54) is 11.3 Å². The van der Waals surface area contributed by atoms with Crippen molar-refractivity contribution >= 4 is 17.2 Å². The number of carbonyl (C=O) groups excluding carboxylic acids is 1. The van der Waals surface area contributed by atoms with E-state index in [0.29, 0.717) is 30.5 Å². The normalized spacial score (nSPS) is 11.8. The van der Waals surface area contributed by atoms with Gasteiger partial charge in [-0.15, -0.1) is 11.3 Å². The Morgan fingerprint density at radius 3 is 2.83 bits per heavy atom. The van der Waals surface area contributed by atoms with Gasteiger partial charge in [0.05, 0.1) is 17.0 Å². The largest absolute Gasteiger partial charge is 0.352 e. The summed E-state index contributed by atoms with van der Waals surface area (Å²) in [4.78, 5) is 12.8. The lowest BCUT2D eigenvalue weighted by atomic mass is 9.98. The van der Waals surface area contributed by atoms with E-state index in [0.717, 1.165) is 4.88 Å². The Balaban J connectivity index is 2.54. The van der Waals surface area contributed by atoms with Gasteiger partial charge < -0.3 is 11.1 Å². The molecule has 0 fully saturated rings. The molecular weight excluding hydrogens is 244 g/mol. The topological polar surface area (TPSA) is 55.1 Å². The van der Waals surface area contributed by atoms with Crippen LogP contribution in [0.1, 0.15) is 36.0 Å². The highest BCUT2D eigenvalue weighted by Crippen LogP contribution is 2.14. The molecule has 0 spiro atoms. The molecule has 1 unspecified atom stereocenters. The van der Waals surface area contributed by atoms with Crippen LogP contribution in [0.25, 0.3) is 0 Å². The zero-order chi connectivity index (χ0) is 13.5. The van der Waals surface area contributed by atoms with Gasteiger partial charge in [0, 0.05) is 11.9 Å². The highest BCUT2D eigenvalue weighted by molar-refractivity contribution is 7.10. The number of hydrogen-bond donors (Lipinski definition) is 2. The van der Waals surface area contributed by atoms with E-state index in [4.69, 9.17) is 5.73 Å². The number of thiophene rings is 1. The first-order valence-corrected chi connectivity index (χ1v) is 6.98. The zero-order valence-electron chi connectivity index (χ0n) is 11.1. The molecule has 3 N–H and O–H groups in total. The predicted molar refractivity (Wildman–Crippen MR) is 76.6 cm³/mol. The fourth-order valence-corrected chi connectivity index (χ4v) is 2.01. The number of nitrogens with two attached hydrogens (primary N) is 1. The molecule has 0 saturated carbocycles. The molecular formula is C14H20N2OS. The van der Waals surface area contributed by atoms with Gasteiger partial charge in [0.15, 0.2) is 0 Å². The van der Waals surface area contributed by atoms with Crippen molar-refractivity contribution in [3.05, 3.63) is 21.9 Å². The lowest BCUT2D eigenvalue weighted by Gasteiger charge is -2.15. The van der Waals surface area contributed by atoms with E-state index < -0.39 is 0 Å². The van der Waals surface area contributed by atoms with Crippen molar-refractivity contribution in [2.75, 3.05) is 13.1 Å². The zero-order valence-corrected chi connectivity index (χ0v) is 11.9. The van der Waals surface area contributed by atoms with Crippen molar-refractivity contribution in [3.63, 3.8) is 0 Å². The lowest BCUT2D eigenvalue weighted by molar-refractivity contribution is 0.0945. The van der Waals surface area contributed by atoms with Crippen LogP contribution in [0.3, 0.4) is 0 Å². The minimum Gasteiger partial charge on any atom is -0.352 e. The number of rotatable bonds is 4. The van der Waals surface area contributed by atoms with Crippen molar-refractivity contribution in [3.8, 4) is 11.8 Å². The van der Waals surface area contributed by atoms with Gasteiger partial charge in [-0.25, -0.2) is 0 Å². The quantitative estimate of drug-likeness (QED) is 0.818. The summed E-state index contributed by atoms with van der Waals surface area (Å²) in [5, 5.41) is 4.77. The molecule has 18 heavy (non-hydrogen) atoms. The minimum atomic E-state index is -0.0282. The maximum atomic E-state index is 11.9. The molecule has 4 heteroatoms. The van der Waals surface area contributed by atoms with Gasteiger partial charge in [0.2, 0.25) is 0 Å². The van der Waals surface area contributed by atoms with Gasteiger partial charge in [-0.3, -0.25) is 4.79 Å². The Hall–Kier alpha value is -1.31. The van der Waals surface area contributed by atoms with E-state index in [2.05, 4.69) is 37.9 Å². The molecule has 0 aliphatic heterocycles. The average Bonchev–Trinajstić information content (AvgIpc) is 2.81. The van der Waals surface area contributed by atoms with Crippen molar-refractivity contribution in [2.45, 2.75) is 20.8 Å². The average molecular weight is 264 g/mol. The number of nitrogens with one attached hydrogen (secondary N) is 1. The van der Waals surface area contributed by atoms with E-state index in [1.54, 1.807) is 0 Å². The first kappa shape index (κ1) is 14.7. The molecule has 0 radical (unpaired) electrons. The predicted octanol–water partition coefficient (Wildman–Crippen LogP) is 2.08. The SMILES string of the molecule is CC(C)C(C)CNC(=O)c1csc(C#CCN)c1. The highest BCUT2D eigenvalue weighted by Gasteiger charge is 2.11. The molecule has 1 heterocycles. The monoisotopic (exact) mass is 264 g/mol. The summed E-state index contributed by atoms with van der Waals surface area (Å²) in [6.45, 7) is 7.49. The van der Waals surface area contributed by atoms with Crippen LogP contribution in [0.5, 0.6) is 0 Å². The smallest absolute Gasteiger partial charge is 0.252 e. The van der Waals surface area contributed by atoms with E-state index in [-0.39, 0.29) is 5.91 Å². The minimum absolute atomic E-state index is 0.0282. The standard InChI is InChI=1S/C14H20N2OS/c1-10(2)11(3)8-16-14(17)12-7-13(18-9-12)5-4-6-15/h7,9-11H,6,8,15H2,1-3H3,(H,16,17). The number of amides is 1. The first-order chi connectivity index (χ1) is 8.54. The molecule has 0 aliphatic carbocycles. The van der Waals surface area contributed by atoms with Crippen LogP contribution in [-0.2, 0) is 0 Å². The molecule has 1 amide bonds. The summed E-state index contributed by atoms with van der Waals surface area (Å²) < 4.78 is 0. The third-order valence-corrected chi connectivity index (χ3v) is 3.74. The van der Waals surface area contributed by atoms with E-state index >= 15 is 0 Å². The summed E-state index contributed by atoms with van der Waals surface area (Å²) in [6, 6.07) is 1.81. The second-order valence-electron chi connectivity index (χ2n) is 4.64. The summed E-state index contributed by atoms with van der Waals surface area (Å²) in [6.07, 6.45) is 0. The second-order valence-corrected chi connectivity index (χ2v) is 5.55. The summed E-state index contributed by atoms with van der Waals surface area (Å²) in [5.74, 6) is 6.72. The van der Waals surface area contributed by atoms with Crippen molar-refractivity contribution in [1.82, 2.24) is 5.32 Å². The molecule has 98 valence electrons. The van der Waals surface area contributed by atoms with Crippen LogP contribution in [0, 0.1) is 23.7 Å². The first-order valence-electron chi connectivity index (χ1n) is 6.10. The molecule has 0 aliphatic rings. The molecule has 1 atom stereocenters. The second kappa shape index (κ2) is 7.20. The maximum Gasteiger partial charge on any atom is 0.252 e. The van der Waals surface area contributed by atoms with Crippen LogP contribution >= 0.6 is 11.3 Å². The fourth-order valence-electron chi connectivity index (χ4n) is 1.25. The van der Waals surface area contributed by atoms with Crippen LogP contribution in [0.15, 0.2) is 11.4 Å². The molecule has 3 nitrogen and oxygen atoms in total. The van der Waals surface area contributed by atoms with Gasteiger partial charge in [-0.2, -0.15) is 0 Å². The Bertz CT molecular complexity index is 454. The Labute approximate surface area is 113 Å². The van der Waals surface area contributed by atoms with Gasteiger partial charge in [0.25, 0.3) is 5.91 Å². The van der Waals surface area contributed by atoms with Crippen molar-refractivity contribution in [1.29, 1.82) is 0 Å². The Morgan fingerprint density at radius 2 is 2.22 bits per heavy atom. The third kappa shape index (κ3) is 4.52. The lowest BCUT2D eigenvalue weighted by Crippen LogP contribution is -2.29. The number of hydrogen-bond acceptors (Lipinski definition) is 3.